The number of carboxylic acid groups (broad SMARTS) is 1. The van der Waals surface area contributed by atoms with Crippen molar-refractivity contribution in [2.75, 3.05) is 0 Å². The molecule has 0 amide bonds. The van der Waals surface area contributed by atoms with Gasteiger partial charge in [-0.2, -0.15) is 0 Å². The summed E-state index contributed by atoms with van der Waals surface area (Å²) in [6, 6.07) is 15.5. The Bertz CT molecular complexity index is 762. The molecule has 2 aromatic rings. The molecule has 0 saturated carbocycles. The third-order valence-corrected chi connectivity index (χ3v) is 4.63. The summed E-state index contributed by atoms with van der Waals surface area (Å²) >= 11 is 0. The van der Waals surface area contributed by atoms with E-state index in [9.17, 15) is 9.90 Å². The van der Waals surface area contributed by atoms with Crippen molar-refractivity contribution in [2.24, 2.45) is 5.73 Å². The van der Waals surface area contributed by atoms with Gasteiger partial charge in [0.1, 0.15) is 0 Å². The number of carboxylic acids is 1. The van der Waals surface area contributed by atoms with Crippen LogP contribution in [-0.2, 0) is 4.79 Å². The van der Waals surface area contributed by atoms with Gasteiger partial charge in [0.05, 0.1) is 5.97 Å². The topological polar surface area (TPSA) is 66.2 Å². The van der Waals surface area contributed by atoms with E-state index < -0.39 is 12.0 Å². The number of hydrogen-bond acceptors (Lipinski definition) is 3. The van der Waals surface area contributed by atoms with Crippen molar-refractivity contribution in [3.63, 3.8) is 0 Å². The second kappa shape index (κ2) is 10.8. The zero-order valence-electron chi connectivity index (χ0n) is 17.0. The van der Waals surface area contributed by atoms with Crippen molar-refractivity contribution in [1.82, 2.24) is 0 Å². The van der Waals surface area contributed by atoms with Crippen LogP contribution in [0.15, 0.2) is 48.5 Å². The van der Waals surface area contributed by atoms with Crippen LogP contribution in [0.5, 0.6) is 0 Å². The maximum Gasteiger partial charge on any atom is 1.00 e. The number of carbonyl (C=O) groups is 1. The van der Waals surface area contributed by atoms with E-state index in [1.807, 2.05) is 18.2 Å². The quantitative estimate of drug-likeness (QED) is 0.580. The van der Waals surface area contributed by atoms with E-state index in [4.69, 9.17) is 5.73 Å². The van der Waals surface area contributed by atoms with Crippen molar-refractivity contribution in [1.29, 1.82) is 0 Å². The van der Waals surface area contributed by atoms with Gasteiger partial charge < -0.3 is 15.6 Å². The fourth-order valence-electron chi connectivity index (χ4n) is 2.84. The van der Waals surface area contributed by atoms with Gasteiger partial charge in [-0.25, -0.2) is 0 Å². The van der Waals surface area contributed by atoms with Gasteiger partial charge in [0, 0.05) is 6.04 Å². The second-order valence-corrected chi connectivity index (χ2v) is 7.40. The predicted molar refractivity (Wildman–Crippen MR) is 107 cm³/mol. The zero-order chi connectivity index (χ0) is 19.3. The van der Waals surface area contributed by atoms with E-state index in [2.05, 4.69) is 64.1 Å². The third kappa shape index (κ3) is 6.93. The number of rotatable bonds is 7. The van der Waals surface area contributed by atoms with Crippen molar-refractivity contribution < 1.29 is 39.5 Å². The fourth-order valence-corrected chi connectivity index (χ4v) is 2.84. The number of aliphatic carboxylic acids is 1. The molecule has 27 heavy (non-hydrogen) atoms. The molecular weight excluding hydrogens is 345 g/mol. The molecule has 0 aliphatic heterocycles. The fraction of sp³-hybridized carbons (Fsp3) is 0.348. The van der Waals surface area contributed by atoms with Crippen molar-refractivity contribution in [3.05, 3.63) is 70.8 Å². The molecule has 2 N–H and O–H groups in total. The summed E-state index contributed by atoms with van der Waals surface area (Å²) < 4.78 is 0. The van der Waals surface area contributed by atoms with E-state index in [1.54, 1.807) is 0 Å². The standard InChI is InChI=1S/C23H29NO2.Na/c1-15(2)18-7-5-17(6-8-18)13-21(14-22(24)23(25)26)20-11-9-19(10-12-20)16(3)4;/h5-13,15-16,22H,14,24H2,1-4H3,(H,25,26);/q;+1/p-1/b21-13-;. The normalized spacial score (nSPS) is 12.8. The van der Waals surface area contributed by atoms with Gasteiger partial charge in [0.25, 0.3) is 0 Å². The number of carbonyl (C=O) groups excluding carboxylic acids is 1. The van der Waals surface area contributed by atoms with Gasteiger partial charge in [0.2, 0.25) is 0 Å². The van der Waals surface area contributed by atoms with E-state index >= 15 is 0 Å². The Morgan fingerprint density at radius 1 is 0.926 bits per heavy atom. The van der Waals surface area contributed by atoms with Crippen LogP contribution in [-0.4, -0.2) is 12.0 Å². The summed E-state index contributed by atoms with van der Waals surface area (Å²) in [5, 5.41) is 11.1. The average Bonchev–Trinajstić information content (AvgIpc) is 2.61. The van der Waals surface area contributed by atoms with Crippen LogP contribution in [0.2, 0.25) is 0 Å². The molecule has 4 heteroatoms. The zero-order valence-corrected chi connectivity index (χ0v) is 19.0. The molecule has 0 aromatic heterocycles. The van der Waals surface area contributed by atoms with E-state index in [0.717, 1.165) is 16.7 Å². The molecule has 0 spiro atoms. The second-order valence-electron chi connectivity index (χ2n) is 7.40. The Kier molecular flexibility index (Phi) is 9.48. The first kappa shape index (κ1) is 23.6. The molecule has 0 aliphatic rings. The summed E-state index contributed by atoms with van der Waals surface area (Å²) in [5.74, 6) is -0.307. The summed E-state index contributed by atoms with van der Waals surface area (Å²) in [5.41, 5.74) is 11.2. The number of nitrogens with two attached hydrogens (primary N) is 1. The predicted octanol–water partition coefficient (Wildman–Crippen LogP) is 0.945. The minimum absolute atomic E-state index is 0. The molecule has 1 unspecified atom stereocenters. The number of hydrogen-bond donors (Lipinski definition) is 1. The summed E-state index contributed by atoms with van der Waals surface area (Å²) in [7, 11) is 0. The van der Waals surface area contributed by atoms with Crippen LogP contribution in [0.25, 0.3) is 11.6 Å². The molecule has 0 bridgehead atoms. The molecular formula is C23H28NNaO2. The summed E-state index contributed by atoms with van der Waals surface area (Å²) in [4.78, 5) is 11.1. The Morgan fingerprint density at radius 3 is 1.78 bits per heavy atom. The van der Waals surface area contributed by atoms with Crippen LogP contribution in [0, 0.1) is 0 Å². The molecule has 0 fully saturated rings. The number of benzene rings is 2. The smallest absolute Gasteiger partial charge is 0.548 e. The first-order valence-corrected chi connectivity index (χ1v) is 9.15. The van der Waals surface area contributed by atoms with E-state index in [0.29, 0.717) is 11.8 Å². The summed E-state index contributed by atoms with van der Waals surface area (Å²) in [6.45, 7) is 8.61. The molecule has 0 heterocycles. The van der Waals surface area contributed by atoms with E-state index in [1.165, 1.54) is 11.1 Å². The Morgan fingerprint density at radius 2 is 1.37 bits per heavy atom. The van der Waals surface area contributed by atoms with Gasteiger partial charge in [-0.15, -0.1) is 0 Å². The van der Waals surface area contributed by atoms with Crippen LogP contribution < -0.4 is 40.4 Å². The first-order valence-electron chi connectivity index (χ1n) is 9.15. The maximum absolute atomic E-state index is 11.1. The molecule has 2 rings (SSSR count). The molecule has 3 nitrogen and oxygen atoms in total. The van der Waals surface area contributed by atoms with Crippen LogP contribution >= 0.6 is 0 Å². The molecule has 0 radical (unpaired) electrons. The van der Waals surface area contributed by atoms with Crippen LogP contribution in [0.1, 0.15) is 68.2 Å². The van der Waals surface area contributed by atoms with E-state index in [-0.39, 0.29) is 36.0 Å². The van der Waals surface area contributed by atoms with Crippen molar-refractivity contribution >= 4 is 17.6 Å². The largest absolute Gasteiger partial charge is 1.00 e. The van der Waals surface area contributed by atoms with Gasteiger partial charge in [0.15, 0.2) is 0 Å². The Balaban J connectivity index is 0.00000364. The average molecular weight is 373 g/mol. The van der Waals surface area contributed by atoms with Gasteiger partial charge in [-0.3, -0.25) is 0 Å². The van der Waals surface area contributed by atoms with Crippen molar-refractivity contribution in [2.45, 2.75) is 52.0 Å². The monoisotopic (exact) mass is 373 g/mol. The Labute approximate surface area is 185 Å². The summed E-state index contributed by atoms with van der Waals surface area (Å²) in [6.07, 6.45) is 2.24. The van der Waals surface area contributed by atoms with Gasteiger partial charge >= 0.3 is 29.6 Å². The molecule has 138 valence electrons. The third-order valence-electron chi connectivity index (χ3n) is 4.63. The van der Waals surface area contributed by atoms with Crippen molar-refractivity contribution in [3.8, 4) is 0 Å². The molecule has 0 aliphatic carbocycles. The molecule has 1 atom stereocenters. The Hall–Kier alpha value is -1.39. The van der Waals surface area contributed by atoms with Crippen LogP contribution in [0.3, 0.4) is 0 Å². The minimum Gasteiger partial charge on any atom is -0.548 e. The first-order chi connectivity index (χ1) is 12.3. The SMILES string of the molecule is CC(C)c1ccc(/C=C(/CC(N)C(=O)[O-])c2ccc(C(C)C)cc2)cc1.[Na+]. The molecule has 0 saturated heterocycles. The van der Waals surface area contributed by atoms with Gasteiger partial charge in [-0.05, 0) is 46.1 Å². The van der Waals surface area contributed by atoms with Gasteiger partial charge in [-0.1, -0.05) is 82.3 Å². The minimum atomic E-state index is -1.23. The maximum atomic E-state index is 11.1. The van der Waals surface area contributed by atoms with Crippen LogP contribution in [0.4, 0.5) is 0 Å². The molecule has 2 aromatic carbocycles.